The summed E-state index contributed by atoms with van der Waals surface area (Å²) in [4.78, 5) is 8.56. The van der Waals surface area contributed by atoms with Crippen LogP contribution in [0.15, 0.2) is 48.7 Å². The van der Waals surface area contributed by atoms with E-state index in [9.17, 15) is 4.39 Å². The van der Waals surface area contributed by atoms with Gasteiger partial charge in [-0.3, -0.25) is 4.90 Å². The Bertz CT molecular complexity index is 560. The third kappa shape index (κ3) is 4.57. The Morgan fingerprint density at radius 2 is 1.59 bits per heavy atom. The van der Waals surface area contributed by atoms with E-state index in [-0.39, 0.29) is 30.6 Å². The Balaban J connectivity index is 0.00000121. The first kappa shape index (κ1) is 18.7. The van der Waals surface area contributed by atoms with Crippen LogP contribution in [0.5, 0.6) is 0 Å². The van der Waals surface area contributed by atoms with E-state index in [0.29, 0.717) is 5.82 Å². The van der Waals surface area contributed by atoms with Crippen molar-refractivity contribution in [2.45, 2.75) is 6.54 Å². The van der Waals surface area contributed by atoms with Gasteiger partial charge in [-0.2, -0.15) is 0 Å². The van der Waals surface area contributed by atoms with Gasteiger partial charge < -0.3 is 4.90 Å². The average Bonchev–Trinajstić information content (AvgIpc) is 2.50. The van der Waals surface area contributed by atoms with E-state index in [1.807, 2.05) is 11.0 Å². The highest BCUT2D eigenvalue weighted by molar-refractivity contribution is 5.85. The first-order valence-electron chi connectivity index (χ1n) is 6.95. The van der Waals surface area contributed by atoms with Gasteiger partial charge in [0, 0.05) is 38.9 Å². The average molecular weight is 344 g/mol. The van der Waals surface area contributed by atoms with E-state index in [4.69, 9.17) is 0 Å². The summed E-state index contributed by atoms with van der Waals surface area (Å²) in [5.74, 6) is 0.246. The first-order chi connectivity index (χ1) is 9.83. The fourth-order valence-corrected chi connectivity index (χ4v) is 2.57. The molecule has 1 aliphatic heterocycles. The summed E-state index contributed by atoms with van der Waals surface area (Å²) in [5.41, 5.74) is 1.32. The first-order valence-corrected chi connectivity index (χ1v) is 6.95. The molecule has 6 heteroatoms. The Morgan fingerprint density at radius 3 is 2.23 bits per heavy atom. The SMILES string of the molecule is Cl.Cl.Fc1cccnc1N1CCN(Cc2ccccc2)CC1. The molecule has 3 rings (SSSR count). The van der Waals surface area contributed by atoms with Crippen molar-refractivity contribution >= 4 is 30.6 Å². The van der Waals surface area contributed by atoms with Gasteiger partial charge in [-0.15, -0.1) is 24.8 Å². The molecule has 0 atom stereocenters. The van der Waals surface area contributed by atoms with Crippen LogP contribution in [-0.4, -0.2) is 36.1 Å². The normalized spacial score (nSPS) is 14.9. The minimum atomic E-state index is -0.232. The molecule has 120 valence electrons. The molecule has 0 aliphatic carbocycles. The van der Waals surface area contributed by atoms with Gasteiger partial charge in [0.25, 0.3) is 0 Å². The Morgan fingerprint density at radius 1 is 0.909 bits per heavy atom. The molecule has 0 saturated carbocycles. The van der Waals surface area contributed by atoms with E-state index < -0.39 is 0 Å². The van der Waals surface area contributed by atoms with Gasteiger partial charge in [0.15, 0.2) is 11.6 Å². The van der Waals surface area contributed by atoms with Crippen LogP contribution in [0.1, 0.15) is 5.56 Å². The number of hydrogen-bond donors (Lipinski definition) is 0. The number of nitrogens with zero attached hydrogens (tertiary/aromatic N) is 3. The Hall–Kier alpha value is -1.36. The largest absolute Gasteiger partial charge is 0.352 e. The Labute approximate surface area is 143 Å². The molecule has 1 aliphatic rings. The number of hydrogen-bond acceptors (Lipinski definition) is 3. The molecule has 1 fully saturated rings. The van der Waals surface area contributed by atoms with E-state index in [2.05, 4.69) is 34.1 Å². The maximum absolute atomic E-state index is 13.7. The molecule has 1 saturated heterocycles. The molecular weight excluding hydrogens is 324 g/mol. The number of benzene rings is 1. The smallest absolute Gasteiger partial charge is 0.165 e. The fraction of sp³-hybridized carbons (Fsp3) is 0.312. The number of anilines is 1. The fourth-order valence-electron chi connectivity index (χ4n) is 2.57. The minimum Gasteiger partial charge on any atom is -0.352 e. The zero-order chi connectivity index (χ0) is 13.8. The molecular formula is C16H20Cl2FN3. The van der Waals surface area contributed by atoms with Crippen molar-refractivity contribution in [3.63, 3.8) is 0 Å². The highest BCUT2D eigenvalue weighted by Crippen LogP contribution is 2.17. The third-order valence-electron chi connectivity index (χ3n) is 3.66. The van der Waals surface area contributed by atoms with Crippen molar-refractivity contribution in [1.82, 2.24) is 9.88 Å². The Kier molecular flexibility index (Phi) is 7.59. The van der Waals surface area contributed by atoms with Gasteiger partial charge >= 0.3 is 0 Å². The number of halogens is 3. The lowest BCUT2D eigenvalue weighted by atomic mass is 10.2. The number of pyridine rings is 1. The zero-order valence-corrected chi connectivity index (χ0v) is 13.8. The molecule has 0 N–H and O–H groups in total. The lowest BCUT2D eigenvalue weighted by Crippen LogP contribution is -2.46. The summed E-state index contributed by atoms with van der Waals surface area (Å²) >= 11 is 0. The topological polar surface area (TPSA) is 19.4 Å². The summed E-state index contributed by atoms with van der Waals surface area (Å²) in [6.45, 7) is 4.47. The van der Waals surface area contributed by atoms with Crippen LogP contribution in [0.25, 0.3) is 0 Å². The van der Waals surface area contributed by atoms with Gasteiger partial charge in [0.2, 0.25) is 0 Å². The van der Waals surface area contributed by atoms with Crippen LogP contribution in [0.4, 0.5) is 10.2 Å². The summed E-state index contributed by atoms with van der Waals surface area (Å²) in [6, 6.07) is 13.5. The van der Waals surface area contributed by atoms with Gasteiger partial charge in [-0.05, 0) is 17.7 Å². The molecule has 3 nitrogen and oxygen atoms in total. The predicted molar refractivity (Wildman–Crippen MR) is 92.6 cm³/mol. The van der Waals surface area contributed by atoms with Crippen LogP contribution >= 0.6 is 24.8 Å². The van der Waals surface area contributed by atoms with Gasteiger partial charge in [0.1, 0.15) is 0 Å². The number of piperazine rings is 1. The van der Waals surface area contributed by atoms with Crippen molar-refractivity contribution in [3.8, 4) is 0 Å². The van der Waals surface area contributed by atoms with Crippen LogP contribution in [0, 0.1) is 5.82 Å². The lowest BCUT2D eigenvalue weighted by molar-refractivity contribution is 0.248. The van der Waals surface area contributed by atoms with Crippen molar-refractivity contribution < 1.29 is 4.39 Å². The third-order valence-corrected chi connectivity index (χ3v) is 3.66. The lowest BCUT2D eigenvalue weighted by Gasteiger charge is -2.35. The standard InChI is InChI=1S/C16H18FN3.2ClH/c17-15-7-4-8-18-16(15)20-11-9-19(10-12-20)13-14-5-2-1-3-6-14;;/h1-8H,9-13H2;2*1H. The van der Waals surface area contributed by atoms with Crippen LogP contribution in [0.3, 0.4) is 0 Å². The molecule has 0 spiro atoms. The molecule has 1 aromatic heterocycles. The van der Waals surface area contributed by atoms with Gasteiger partial charge in [-0.1, -0.05) is 30.3 Å². The monoisotopic (exact) mass is 343 g/mol. The quantitative estimate of drug-likeness (QED) is 0.851. The molecule has 22 heavy (non-hydrogen) atoms. The van der Waals surface area contributed by atoms with E-state index >= 15 is 0 Å². The summed E-state index contributed by atoms with van der Waals surface area (Å²) in [6.07, 6.45) is 1.65. The minimum absolute atomic E-state index is 0. The molecule has 0 radical (unpaired) electrons. The number of rotatable bonds is 3. The molecule has 2 aromatic rings. The molecule has 1 aromatic carbocycles. The second kappa shape index (κ2) is 8.93. The number of aromatic nitrogens is 1. The van der Waals surface area contributed by atoms with Crippen LogP contribution in [0.2, 0.25) is 0 Å². The van der Waals surface area contributed by atoms with Crippen molar-refractivity contribution in [3.05, 3.63) is 60.0 Å². The molecule has 0 unspecified atom stereocenters. The summed E-state index contributed by atoms with van der Waals surface area (Å²) in [5, 5.41) is 0. The van der Waals surface area contributed by atoms with Gasteiger partial charge in [0.05, 0.1) is 0 Å². The molecule has 0 bridgehead atoms. The maximum atomic E-state index is 13.7. The highest BCUT2D eigenvalue weighted by Gasteiger charge is 2.20. The van der Waals surface area contributed by atoms with E-state index in [0.717, 1.165) is 32.7 Å². The molecule has 2 heterocycles. The van der Waals surface area contributed by atoms with E-state index in [1.165, 1.54) is 11.6 Å². The van der Waals surface area contributed by atoms with E-state index in [1.54, 1.807) is 12.3 Å². The van der Waals surface area contributed by atoms with Crippen molar-refractivity contribution in [2.24, 2.45) is 0 Å². The van der Waals surface area contributed by atoms with Crippen LogP contribution in [-0.2, 0) is 6.54 Å². The van der Waals surface area contributed by atoms with Crippen molar-refractivity contribution in [1.29, 1.82) is 0 Å². The van der Waals surface area contributed by atoms with Crippen molar-refractivity contribution in [2.75, 3.05) is 31.1 Å². The van der Waals surface area contributed by atoms with Gasteiger partial charge in [-0.25, -0.2) is 9.37 Å². The summed E-state index contributed by atoms with van der Waals surface area (Å²) in [7, 11) is 0. The zero-order valence-electron chi connectivity index (χ0n) is 12.2. The highest BCUT2D eigenvalue weighted by atomic mass is 35.5. The second-order valence-electron chi connectivity index (χ2n) is 5.06. The molecule has 0 amide bonds. The van der Waals surface area contributed by atoms with Crippen LogP contribution < -0.4 is 4.90 Å². The maximum Gasteiger partial charge on any atom is 0.165 e. The summed E-state index contributed by atoms with van der Waals surface area (Å²) < 4.78 is 13.7. The second-order valence-corrected chi connectivity index (χ2v) is 5.06. The predicted octanol–water partition coefficient (Wildman–Crippen LogP) is 3.39.